The van der Waals surface area contributed by atoms with Crippen molar-refractivity contribution in [3.63, 3.8) is 0 Å². The first-order valence-electron chi connectivity index (χ1n) is 16.2. The van der Waals surface area contributed by atoms with E-state index in [1.54, 1.807) is 13.4 Å². The summed E-state index contributed by atoms with van der Waals surface area (Å²) in [6, 6.07) is 10.3. The highest BCUT2D eigenvalue weighted by molar-refractivity contribution is 7.82. The Kier molecular flexibility index (Phi) is 7.93. The molecule has 11 nitrogen and oxygen atoms in total. The maximum atomic E-state index is 7.42. The predicted molar refractivity (Wildman–Crippen MR) is 173 cm³/mol. The van der Waals surface area contributed by atoms with E-state index in [0.717, 1.165) is 75.2 Å². The van der Waals surface area contributed by atoms with Crippen LogP contribution in [-0.4, -0.2) is 82.8 Å². The maximum Gasteiger partial charge on any atom is 0.334 e. The summed E-state index contributed by atoms with van der Waals surface area (Å²) in [4.78, 5) is 0. The first-order valence-corrected chi connectivity index (χ1v) is 21.0. The minimum Gasteiger partial charge on any atom is -0.493 e. The summed E-state index contributed by atoms with van der Waals surface area (Å²) in [5.41, 5.74) is 1.11. The number of hydrogen-bond donors (Lipinski definition) is 0. The minimum atomic E-state index is -2.98. The Balaban J connectivity index is 1.44. The number of rotatable bonds is 7. The van der Waals surface area contributed by atoms with Crippen LogP contribution in [0.25, 0.3) is 0 Å². The Labute approximate surface area is 256 Å². The van der Waals surface area contributed by atoms with E-state index in [9.17, 15) is 0 Å². The molecule has 0 saturated carbocycles. The maximum absolute atomic E-state index is 7.42. The molecule has 43 heavy (non-hydrogen) atoms. The highest BCUT2D eigenvalue weighted by atomic mass is 31.3. The summed E-state index contributed by atoms with van der Waals surface area (Å²) in [5.74, 6) is 2.49. The van der Waals surface area contributed by atoms with E-state index in [1.165, 1.54) is 51.4 Å². The standard InChI is InChI=1S/C29H45N8O3P3/c1-38-28-14-10-12-26-24-37(25-27-13-11-23-39-27)43(40-29(26)28)31-41(33-15-2-3-16-33,34-17-4-5-18-34)30-42(32-43,35-19-6-7-20-35)36-21-8-9-22-36/h10-14,23H,2-9,15-22,24-25H2,1H3. The second-order valence-electron chi connectivity index (χ2n) is 12.4. The van der Waals surface area contributed by atoms with Crippen LogP contribution in [0.2, 0.25) is 0 Å². The quantitative estimate of drug-likeness (QED) is 0.281. The molecule has 1 aromatic carbocycles. The number of nitrogens with zero attached hydrogens (tertiary/aromatic N) is 8. The molecular formula is C29H45N8O3P3. The van der Waals surface area contributed by atoms with Crippen LogP contribution in [0, 0.1) is 0 Å². The Morgan fingerprint density at radius 2 is 1.26 bits per heavy atom. The van der Waals surface area contributed by atoms with Gasteiger partial charge >= 0.3 is 7.58 Å². The number of hydrogen-bond acceptors (Lipinski definition) is 11. The lowest BCUT2D eigenvalue weighted by Crippen LogP contribution is -2.35. The zero-order valence-corrected chi connectivity index (χ0v) is 28.0. The van der Waals surface area contributed by atoms with Crippen molar-refractivity contribution in [3.05, 3.63) is 47.9 Å². The minimum absolute atomic E-state index is 0.602. The van der Waals surface area contributed by atoms with E-state index < -0.39 is 22.6 Å². The smallest absolute Gasteiger partial charge is 0.334 e. The van der Waals surface area contributed by atoms with E-state index in [-0.39, 0.29) is 0 Å². The molecule has 14 heteroatoms. The van der Waals surface area contributed by atoms with Gasteiger partial charge in [-0.2, -0.15) is 13.5 Å². The Morgan fingerprint density at radius 3 is 1.77 bits per heavy atom. The summed E-state index contributed by atoms with van der Waals surface area (Å²) < 4.78 is 50.9. The number of furan rings is 1. The number of methoxy groups -OCH3 is 1. The van der Waals surface area contributed by atoms with Gasteiger partial charge in [-0.3, -0.25) is 0 Å². The molecule has 0 amide bonds. The number of benzene rings is 1. The third-order valence-electron chi connectivity index (χ3n) is 9.69. The van der Waals surface area contributed by atoms with Crippen LogP contribution in [-0.2, 0) is 13.1 Å². The van der Waals surface area contributed by atoms with E-state index in [2.05, 4.69) is 41.6 Å². The fraction of sp³-hybridized carbons (Fsp3) is 0.655. The lowest BCUT2D eigenvalue weighted by molar-refractivity contribution is 0.318. The van der Waals surface area contributed by atoms with E-state index >= 15 is 0 Å². The molecule has 0 N–H and O–H groups in total. The molecule has 8 rings (SSSR count). The Hall–Kier alpha value is -1.41. The molecule has 1 spiro atoms. The van der Waals surface area contributed by atoms with Crippen molar-refractivity contribution in [2.24, 2.45) is 13.5 Å². The van der Waals surface area contributed by atoms with Crippen LogP contribution in [0.5, 0.6) is 11.5 Å². The normalized spacial score (nSPS) is 29.7. The molecule has 4 fully saturated rings. The van der Waals surface area contributed by atoms with Gasteiger partial charge in [0.25, 0.3) is 0 Å². The topological polar surface area (TPSA) is 84.9 Å². The molecule has 0 aliphatic carbocycles. The SMILES string of the molecule is COc1cccc2c1OP1(=NP(N3CCCC3)(N3CCCC3)=NP(N3CCCC3)(N3CCCC3)=N1)N(Cc1ccco1)C2. The van der Waals surface area contributed by atoms with Gasteiger partial charge in [-0.1, -0.05) is 12.1 Å². The van der Waals surface area contributed by atoms with Gasteiger partial charge in [0, 0.05) is 64.5 Å². The highest BCUT2D eigenvalue weighted by Crippen LogP contribution is 2.84. The Morgan fingerprint density at radius 1 is 0.698 bits per heavy atom. The third kappa shape index (κ3) is 4.94. The molecule has 7 heterocycles. The molecule has 1 aromatic heterocycles. The average molecular weight is 647 g/mol. The van der Waals surface area contributed by atoms with E-state index in [1.807, 2.05) is 12.1 Å². The second kappa shape index (κ2) is 11.7. The molecule has 0 radical (unpaired) electrons. The van der Waals surface area contributed by atoms with E-state index in [0.29, 0.717) is 13.1 Å². The van der Waals surface area contributed by atoms with Crippen molar-refractivity contribution in [1.29, 1.82) is 0 Å². The van der Waals surface area contributed by atoms with Gasteiger partial charge in [-0.15, -0.1) is 0 Å². The molecule has 234 valence electrons. The van der Waals surface area contributed by atoms with Gasteiger partial charge in [0.1, 0.15) is 5.76 Å². The first kappa shape index (κ1) is 29.0. The largest absolute Gasteiger partial charge is 0.493 e. The molecular weight excluding hydrogens is 601 g/mol. The second-order valence-corrected chi connectivity index (χ2v) is 20.8. The van der Waals surface area contributed by atoms with Crippen LogP contribution in [0.1, 0.15) is 62.7 Å². The van der Waals surface area contributed by atoms with Crippen molar-refractivity contribution in [3.8, 4) is 11.5 Å². The van der Waals surface area contributed by atoms with Crippen molar-refractivity contribution < 1.29 is 13.7 Å². The zero-order chi connectivity index (χ0) is 28.9. The number of fused-ring (bicyclic) bond motifs is 1. The van der Waals surface area contributed by atoms with Crippen LogP contribution in [0.3, 0.4) is 0 Å². The molecule has 6 aliphatic heterocycles. The van der Waals surface area contributed by atoms with E-state index in [4.69, 9.17) is 27.2 Å². The van der Waals surface area contributed by atoms with Crippen molar-refractivity contribution >= 4 is 22.6 Å². The van der Waals surface area contributed by atoms with Gasteiger partial charge in [-0.05, 0) is 69.6 Å². The average Bonchev–Trinajstić information content (AvgIpc) is 3.88. The molecule has 4 saturated heterocycles. The van der Waals surface area contributed by atoms with Gasteiger partial charge in [0.15, 0.2) is 11.5 Å². The molecule has 0 bridgehead atoms. The number of ether oxygens (including phenoxy) is 1. The lowest BCUT2D eigenvalue weighted by atomic mass is 10.2. The summed E-state index contributed by atoms with van der Waals surface area (Å²) in [6.07, 6.45) is 11.4. The van der Waals surface area contributed by atoms with Crippen LogP contribution >= 0.6 is 22.6 Å². The summed E-state index contributed by atoms with van der Waals surface area (Å²) in [5, 5.41) is 0. The van der Waals surface area contributed by atoms with Crippen molar-refractivity contribution in [2.75, 3.05) is 59.5 Å². The zero-order valence-electron chi connectivity index (χ0n) is 25.3. The fourth-order valence-corrected chi connectivity index (χ4v) is 22.7. The van der Waals surface area contributed by atoms with Crippen molar-refractivity contribution in [2.45, 2.75) is 64.5 Å². The van der Waals surface area contributed by atoms with Gasteiger partial charge in [0.05, 0.1) is 19.9 Å². The highest BCUT2D eigenvalue weighted by Gasteiger charge is 2.54. The molecule has 2 aromatic rings. The van der Waals surface area contributed by atoms with Crippen molar-refractivity contribution in [1.82, 2.24) is 23.4 Å². The third-order valence-corrected chi connectivity index (χ3v) is 21.5. The summed E-state index contributed by atoms with van der Waals surface area (Å²) in [7, 11) is -6.26. The Bertz CT molecular complexity index is 1410. The van der Waals surface area contributed by atoms with Crippen LogP contribution in [0.15, 0.2) is 54.6 Å². The predicted octanol–water partition coefficient (Wildman–Crippen LogP) is 7.92. The lowest BCUT2D eigenvalue weighted by Gasteiger charge is -2.49. The molecule has 1 unspecified atom stereocenters. The monoisotopic (exact) mass is 646 g/mol. The van der Waals surface area contributed by atoms with Gasteiger partial charge in [0.2, 0.25) is 15.0 Å². The fourth-order valence-electron chi connectivity index (χ4n) is 7.51. The summed E-state index contributed by atoms with van der Waals surface area (Å²) >= 11 is 0. The first-order chi connectivity index (χ1) is 21.1. The summed E-state index contributed by atoms with van der Waals surface area (Å²) in [6.45, 7) is 9.70. The van der Waals surface area contributed by atoms with Gasteiger partial charge in [-0.25, -0.2) is 23.4 Å². The van der Waals surface area contributed by atoms with Crippen LogP contribution < -0.4 is 9.26 Å². The van der Waals surface area contributed by atoms with Crippen LogP contribution in [0.4, 0.5) is 0 Å². The number of para-hydroxylation sites is 1. The van der Waals surface area contributed by atoms with Gasteiger partial charge < -0.3 is 13.7 Å². The molecule has 1 atom stereocenters. The molecule has 6 aliphatic rings.